The molecule has 0 saturated carbocycles. The molecule has 0 radical (unpaired) electrons. The van der Waals surface area contributed by atoms with Crippen molar-refractivity contribution in [3.05, 3.63) is 13.2 Å². The maximum atomic E-state index is 3.00. The summed E-state index contributed by atoms with van der Waals surface area (Å²) < 4.78 is 0. The minimum Gasteiger partial charge on any atom is -0.147 e. The molecule has 0 amide bonds. The first-order valence-corrected chi connectivity index (χ1v) is 0.500. The lowest BCUT2D eigenvalue weighted by Crippen LogP contribution is -0.552. The molecule has 0 spiro atoms. The Labute approximate surface area is 43.1 Å². The molecule has 0 rings (SSSR count). The molecule has 0 nitrogen and oxygen atoms in total. The van der Waals surface area contributed by atoms with E-state index in [4.69, 9.17) is 0 Å². The van der Waals surface area contributed by atoms with Crippen LogP contribution in [-0.2, 0) is 0 Å². The van der Waals surface area contributed by atoms with Gasteiger partial charge < -0.3 is 0 Å². The SMILES string of the molecule is Br.C=C.Cl. The molecule has 0 aromatic carbocycles. The van der Waals surface area contributed by atoms with Gasteiger partial charge in [0.1, 0.15) is 0 Å². The third-order valence-electron chi connectivity index (χ3n) is 0. The van der Waals surface area contributed by atoms with Crippen molar-refractivity contribution in [2.24, 2.45) is 0 Å². The Balaban J connectivity index is -0.00000000500. The number of rotatable bonds is 0. The molecular weight excluding hydrogens is 139 g/mol. The molecule has 0 N–H and O–H groups in total. The van der Waals surface area contributed by atoms with Gasteiger partial charge in [0, 0.05) is 0 Å². The largest absolute Gasteiger partial charge is 0.147 e. The number of halogens is 2. The molecule has 4 heavy (non-hydrogen) atoms. The lowest BCUT2D eigenvalue weighted by atomic mass is 11.3. The standard InChI is InChI=1S/C2H4.BrH.ClH/c1-2;;/h1-2H2;2*1H. The van der Waals surface area contributed by atoms with E-state index in [0.717, 1.165) is 0 Å². The Bertz CT molecular complexity index is 6.00. The van der Waals surface area contributed by atoms with E-state index in [1.165, 1.54) is 0 Å². The summed E-state index contributed by atoms with van der Waals surface area (Å²) >= 11 is 0. The molecular formula is C2H6BrCl. The van der Waals surface area contributed by atoms with E-state index < -0.39 is 0 Å². The van der Waals surface area contributed by atoms with Gasteiger partial charge in [-0.2, -0.15) is 0 Å². The molecule has 0 fully saturated rings. The normalized spacial score (nSPS) is 1.00. The summed E-state index contributed by atoms with van der Waals surface area (Å²) in [5, 5.41) is 0. The van der Waals surface area contributed by atoms with Crippen LogP contribution in [0.2, 0.25) is 0 Å². The van der Waals surface area contributed by atoms with Crippen molar-refractivity contribution in [1.29, 1.82) is 0 Å². The Morgan fingerprint density at radius 1 is 1.00 bits per heavy atom. The molecule has 0 atom stereocenters. The van der Waals surface area contributed by atoms with Gasteiger partial charge in [-0.15, -0.1) is 42.5 Å². The number of hydrogen-bond donors (Lipinski definition) is 0. The summed E-state index contributed by atoms with van der Waals surface area (Å²) in [5.41, 5.74) is 0. The van der Waals surface area contributed by atoms with Gasteiger partial charge >= 0.3 is 0 Å². The highest BCUT2D eigenvalue weighted by atomic mass is 79.9. The highest BCUT2D eigenvalue weighted by molar-refractivity contribution is 8.93. The zero-order valence-corrected chi connectivity index (χ0v) is 4.76. The van der Waals surface area contributed by atoms with Crippen LogP contribution in [0.1, 0.15) is 0 Å². The predicted molar refractivity (Wildman–Crippen MR) is 28.8 cm³/mol. The molecule has 2 heteroatoms. The van der Waals surface area contributed by atoms with Crippen molar-refractivity contribution in [3.63, 3.8) is 0 Å². The third-order valence-corrected chi connectivity index (χ3v) is 0. The summed E-state index contributed by atoms with van der Waals surface area (Å²) in [6.45, 7) is 6.00. The summed E-state index contributed by atoms with van der Waals surface area (Å²) in [7, 11) is 0. The van der Waals surface area contributed by atoms with Crippen molar-refractivity contribution in [2.75, 3.05) is 0 Å². The van der Waals surface area contributed by atoms with Crippen molar-refractivity contribution < 1.29 is 0 Å². The Hall–Kier alpha value is 0.510. The summed E-state index contributed by atoms with van der Waals surface area (Å²) in [6, 6.07) is 0. The Kier molecular flexibility index (Phi) is 518. The van der Waals surface area contributed by atoms with Crippen LogP contribution in [0.5, 0.6) is 0 Å². The first kappa shape index (κ1) is 24.4. The highest BCUT2D eigenvalue weighted by Crippen LogP contribution is 0.862. The maximum Gasteiger partial charge on any atom is -0.106 e. The average molecular weight is 145 g/mol. The second kappa shape index (κ2) is 85.0. The van der Waals surface area contributed by atoms with Gasteiger partial charge in [0.15, 0.2) is 0 Å². The molecule has 0 aromatic rings. The van der Waals surface area contributed by atoms with E-state index in [2.05, 4.69) is 13.2 Å². The van der Waals surface area contributed by atoms with Crippen molar-refractivity contribution in [3.8, 4) is 0 Å². The molecule has 28 valence electrons. The average Bonchev–Trinajstić information content (AvgIpc) is 1.00. The molecule has 0 heterocycles. The van der Waals surface area contributed by atoms with Crippen LogP contribution in [0.4, 0.5) is 0 Å². The van der Waals surface area contributed by atoms with Gasteiger partial charge in [-0.25, -0.2) is 0 Å². The van der Waals surface area contributed by atoms with Crippen LogP contribution >= 0.6 is 29.4 Å². The summed E-state index contributed by atoms with van der Waals surface area (Å²) in [5.74, 6) is 0. The molecule has 0 unspecified atom stereocenters. The van der Waals surface area contributed by atoms with Crippen LogP contribution in [0.25, 0.3) is 0 Å². The Morgan fingerprint density at radius 2 is 1.00 bits per heavy atom. The second-order valence-corrected chi connectivity index (χ2v) is 0. The molecule has 0 aliphatic carbocycles. The van der Waals surface area contributed by atoms with E-state index in [1.54, 1.807) is 0 Å². The van der Waals surface area contributed by atoms with E-state index >= 15 is 0 Å². The van der Waals surface area contributed by atoms with Gasteiger partial charge in [0.25, 0.3) is 0 Å². The minimum atomic E-state index is 0. The molecule has 0 aliphatic rings. The van der Waals surface area contributed by atoms with Crippen LogP contribution in [0.15, 0.2) is 13.2 Å². The number of hydrogen-bond acceptors (Lipinski definition) is 0. The van der Waals surface area contributed by atoms with Gasteiger partial charge in [-0.1, -0.05) is 0 Å². The fourth-order valence-electron chi connectivity index (χ4n) is 0. The third kappa shape index (κ3) is 22.0. The molecule has 0 aliphatic heterocycles. The smallest absolute Gasteiger partial charge is 0.106 e. The minimum absolute atomic E-state index is 0. The van der Waals surface area contributed by atoms with Crippen LogP contribution in [-0.4, -0.2) is 0 Å². The van der Waals surface area contributed by atoms with E-state index in [9.17, 15) is 0 Å². The van der Waals surface area contributed by atoms with Crippen molar-refractivity contribution in [2.45, 2.75) is 0 Å². The highest BCUT2D eigenvalue weighted by Gasteiger charge is 0.601. The van der Waals surface area contributed by atoms with Crippen molar-refractivity contribution >= 4 is 29.4 Å². The summed E-state index contributed by atoms with van der Waals surface area (Å²) in [6.07, 6.45) is 0. The fourth-order valence-corrected chi connectivity index (χ4v) is 0. The van der Waals surface area contributed by atoms with E-state index in [-0.39, 0.29) is 29.4 Å². The lowest BCUT2D eigenvalue weighted by molar-refractivity contribution is 2.81. The van der Waals surface area contributed by atoms with Crippen LogP contribution in [0, 0.1) is 0 Å². The topological polar surface area (TPSA) is 0 Å². The van der Waals surface area contributed by atoms with Crippen LogP contribution < -0.4 is 0 Å². The fraction of sp³-hybridized carbons (Fsp3) is 0. The lowest BCUT2D eigenvalue weighted by Gasteiger charge is -0.813. The zero-order chi connectivity index (χ0) is 2.00. The first-order chi connectivity index (χ1) is 1.00. The first-order valence-electron chi connectivity index (χ1n) is 0.500. The maximum absolute atomic E-state index is 3.00. The van der Waals surface area contributed by atoms with E-state index in [0.29, 0.717) is 0 Å². The Morgan fingerprint density at radius 3 is 1.00 bits per heavy atom. The van der Waals surface area contributed by atoms with E-state index in [1.807, 2.05) is 0 Å². The van der Waals surface area contributed by atoms with Gasteiger partial charge in [-0.3, -0.25) is 0 Å². The molecule has 0 bridgehead atoms. The van der Waals surface area contributed by atoms with Gasteiger partial charge in [-0.05, 0) is 0 Å². The second-order valence-electron chi connectivity index (χ2n) is 0. The quantitative estimate of drug-likeness (QED) is 0.456. The molecule has 0 aromatic heterocycles. The van der Waals surface area contributed by atoms with Crippen LogP contribution in [0.3, 0.4) is 0 Å². The van der Waals surface area contributed by atoms with Gasteiger partial charge in [0.05, 0.1) is 0 Å². The molecule has 0 saturated heterocycles. The predicted octanol–water partition coefficient (Wildman–Crippen LogP) is 1.80. The van der Waals surface area contributed by atoms with Crippen molar-refractivity contribution in [1.82, 2.24) is 0 Å². The van der Waals surface area contributed by atoms with Gasteiger partial charge in [0.2, 0.25) is 0 Å². The zero-order valence-electron chi connectivity index (χ0n) is 2.23. The monoisotopic (exact) mass is 144 g/mol. The summed E-state index contributed by atoms with van der Waals surface area (Å²) in [4.78, 5) is 0.